The van der Waals surface area contributed by atoms with E-state index in [1.54, 1.807) is 11.3 Å². The topological polar surface area (TPSA) is 24.9 Å². The fourth-order valence-corrected chi connectivity index (χ4v) is 2.03. The molecule has 1 aromatic rings. The molecule has 14 heavy (non-hydrogen) atoms. The molecule has 1 aromatic heterocycles. The molecule has 0 aliphatic rings. The maximum Gasteiger partial charge on any atom is 0.0798 e. The van der Waals surface area contributed by atoms with Gasteiger partial charge in [-0.05, 0) is 19.8 Å². The zero-order valence-corrected chi connectivity index (χ0v) is 10.3. The summed E-state index contributed by atoms with van der Waals surface area (Å²) in [6.45, 7) is 9.81. The molecule has 0 amide bonds. The predicted molar refractivity (Wildman–Crippen MR) is 62.6 cm³/mol. The number of aryl methyl sites for hydroxylation is 1. The summed E-state index contributed by atoms with van der Waals surface area (Å²) in [5.41, 5.74) is 3.08. The lowest BCUT2D eigenvalue weighted by Gasteiger charge is -2.19. The second-order valence-electron chi connectivity index (χ2n) is 3.92. The van der Waals surface area contributed by atoms with Crippen LogP contribution in [0.15, 0.2) is 5.51 Å². The molecule has 0 fully saturated rings. The first-order chi connectivity index (χ1) is 6.65. The van der Waals surface area contributed by atoms with Crippen molar-refractivity contribution in [1.82, 2.24) is 10.3 Å². The van der Waals surface area contributed by atoms with E-state index in [0.717, 1.165) is 12.5 Å². The van der Waals surface area contributed by atoms with Gasteiger partial charge in [-0.15, -0.1) is 11.3 Å². The van der Waals surface area contributed by atoms with Crippen LogP contribution in [0.3, 0.4) is 0 Å². The van der Waals surface area contributed by atoms with E-state index in [2.05, 4.69) is 38.0 Å². The fourth-order valence-electron chi connectivity index (χ4n) is 1.30. The molecular weight excluding hydrogens is 192 g/mol. The van der Waals surface area contributed by atoms with Gasteiger partial charge in [0.25, 0.3) is 0 Å². The third-order valence-electron chi connectivity index (χ3n) is 2.93. The van der Waals surface area contributed by atoms with Crippen LogP contribution in [0.5, 0.6) is 0 Å². The van der Waals surface area contributed by atoms with Crippen molar-refractivity contribution in [2.24, 2.45) is 5.92 Å². The van der Waals surface area contributed by atoms with Crippen LogP contribution in [0.4, 0.5) is 0 Å². The van der Waals surface area contributed by atoms with Crippen molar-refractivity contribution in [3.05, 3.63) is 16.1 Å². The van der Waals surface area contributed by atoms with E-state index in [-0.39, 0.29) is 0 Å². The largest absolute Gasteiger partial charge is 0.309 e. The minimum Gasteiger partial charge on any atom is -0.309 e. The monoisotopic (exact) mass is 212 g/mol. The second-order valence-corrected chi connectivity index (χ2v) is 4.86. The molecule has 2 unspecified atom stereocenters. The van der Waals surface area contributed by atoms with Gasteiger partial charge in [-0.3, -0.25) is 0 Å². The lowest BCUT2D eigenvalue weighted by Crippen LogP contribution is -2.31. The van der Waals surface area contributed by atoms with Crippen molar-refractivity contribution in [3.8, 4) is 0 Å². The summed E-state index contributed by atoms with van der Waals surface area (Å²) in [6.07, 6.45) is 1.23. The predicted octanol–water partition coefficient (Wildman–Crippen LogP) is 2.98. The van der Waals surface area contributed by atoms with E-state index in [1.165, 1.54) is 17.0 Å². The molecule has 0 bridgehead atoms. The number of hydrogen-bond donors (Lipinski definition) is 1. The highest BCUT2D eigenvalue weighted by molar-refractivity contribution is 7.09. The molecule has 0 saturated heterocycles. The Labute approximate surface area is 90.8 Å². The first-order valence-corrected chi connectivity index (χ1v) is 6.15. The Morgan fingerprint density at radius 2 is 2.21 bits per heavy atom. The second kappa shape index (κ2) is 5.47. The average molecular weight is 212 g/mol. The van der Waals surface area contributed by atoms with Gasteiger partial charge < -0.3 is 5.32 Å². The van der Waals surface area contributed by atoms with Gasteiger partial charge in [0.2, 0.25) is 0 Å². The molecular formula is C11H20N2S. The standard InChI is InChI=1S/C11H20N2S/c1-5-8(2)9(3)12-6-11-10(4)13-7-14-11/h7-9,12H,5-6H2,1-4H3. The molecule has 1 heterocycles. The quantitative estimate of drug-likeness (QED) is 0.811. The first kappa shape index (κ1) is 11.7. The van der Waals surface area contributed by atoms with Gasteiger partial charge in [-0.2, -0.15) is 0 Å². The van der Waals surface area contributed by atoms with Gasteiger partial charge in [0, 0.05) is 17.5 Å². The van der Waals surface area contributed by atoms with Gasteiger partial charge in [-0.25, -0.2) is 4.98 Å². The van der Waals surface area contributed by atoms with E-state index in [1.807, 2.05) is 5.51 Å². The number of hydrogen-bond acceptors (Lipinski definition) is 3. The third kappa shape index (κ3) is 3.07. The van der Waals surface area contributed by atoms with Crippen LogP contribution < -0.4 is 5.32 Å². The van der Waals surface area contributed by atoms with Crippen LogP contribution in [0.2, 0.25) is 0 Å². The van der Waals surface area contributed by atoms with E-state index in [0.29, 0.717) is 6.04 Å². The van der Waals surface area contributed by atoms with Crippen molar-refractivity contribution < 1.29 is 0 Å². The molecule has 0 radical (unpaired) electrons. The Hall–Kier alpha value is -0.410. The third-order valence-corrected chi connectivity index (χ3v) is 3.86. The molecule has 0 aromatic carbocycles. The molecule has 1 rings (SSSR count). The molecule has 0 saturated carbocycles. The summed E-state index contributed by atoms with van der Waals surface area (Å²) in [4.78, 5) is 5.60. The zero-order valence-electron chi connectivity index (χ0n) is 9.50. The van der Waals surface area contributed by atoms with Gasteiger partial charge in [0.15, 0.2) is 0 Å². The smallest absolute Gasteiger partial charge is 0.0798 e. The number of nitrogens with zero attached hydrogens (tertiary/aromatic N) is 1. The Bertz CT molecular complexity index is 270. The highest BCUT2D eigenvalue weighted by Gasteiger charge is 2.10. The molecule has 0 spiro atoms. The Balaban J connectivity index is 2.37. The fraction of sp³-hybridized carbons (Fsp3) is 0.727. The molecule has 2 atom stereocenters. The van der Waals surface area contributed by atoms with E-state index < -0.39 is 0 Å². The molecule has 80 valence electrons. The van der Waals surface area contributed by atoms with Crippen molar-refractivity contribution in [1.29, 1.82) is 0 Å². The minimum atomic E-state index is 0.585. The summed E-state index contributed by atoms with van der Waals surface area (Å²) >= 11 is 1.74. The summed E-state index contributed by atoms with van der Waals surface area (Å²) in [5.74, 6) is 0.739. The molecule has 2 nitrogen and oxygen atoms in total. The van der Waals surface area contributed by atoms with Crippen LogP contribution in [0.1, 0.15) is 37.8 Å². The van der Waals surface area contributed by atoms with Crippen molar-refractivity contribution in [3.63, 3.8) is 0 Å². The van der Waals surface area contributed by atoms with Gasteiger partial charge in [0.1, 0.15) is 0 Å². The van der Waals surface area contributed by atoms with Crippen LogP contribution in [-0.4, -0.2) is 11.0 Å². The average Bonchev–Trinajstić information content (AvgIpc) is 2.59. The molecule has 3 heteroatoms. The van der Waals surface area contributed by atoms with Gasteiger partial charge in [0.05, 0.1) is 11.2 Å². The van der Waals surface area contributed by atoms with E-state index in [4.69, 9.17) is 0 Å². The zero-order chi connectivity index (χ0) is 10.6. The first-order valence-electron chi connectivity index (χ1n) is 5.27. The number of aromatic nitrogens is 1. The molecule has 0 aliphatic heterocycles. The summed E-state index contributed by atoms with van der Waals surface area (Å²) in [6, 6.07) is 0.585. The maximum atomic E-state index is 4.24. The summed E-state index contributed by atoms with van der Waals surface area (Å²) in [5, 5.41) is 3.55. The Kier molecular flexibility index (Phi) is 4.55. The van der Waals surface area contributed by atoms with Crippen LogP contribution >= 0.6 is 11.3 Å². The highest BCUT2D eigenvalue weighted by Crippen LogP contribution is 2.13. The Morgan fingerprint density at radius 3 is 2.71 bits per heavy atom. The van der Waals surface area contributed by atoms with Crippen molar-refractivity contribution in [2.75, 3.05) is 0 Å². The number of rotatable bonds is 5. The SMILES string of the molecule is CCC(C)C(C)NCc1scnc1C. The summed E-state index contributed by atoms with van der Waals surface area (Å²) < 4.78 is 0. The molecule has 1 N–H and O–H groups in total. The lowest BCUT2D eigenvalue weighted by molar-refractivity contribution is 0.390. The number of thiazole rings is 1. The van der Waals surface area contributed by atoms with Crippen LogP contribution in [0.25, 0.3) is 0 Å². The van der Waals surface area contributed by atoms with Crippen LogP contribution in [-0.2, 0) is 6.54 Å². The lowest BCUT2D eigenvalue weighted by atomic mass is 10.0. The van der Waals surface area contributed by atoms with Gasteiger partial charge >= 0.3 is 0 Å². The van der Waals surface area contributed by atoms with Crippen molar-refractivity contribution >= 4 is 11.3 Å². The van der Waals surface area contributed by atoms with E-state index in [9.17, 15) is 0 Å². The van der Waals surface area contributed by atoms with Crippen molar-refractivity contribution in [2.45, 2.75) is 46.7 Å². The molecule has 0 aliphatic carbocycles. The normalized spacial score (nSPS) is 15.4. The number of nitrogens with one attached hydrogen (secondary N) is 1. The van der Waals surface area contributed by atoms with Gasteiger partial charge in [-0.1, -0.05) is 20.3 Å². The van der Waals surface area contributed by atoms with E-state index >= 15 is 0 Å². The maximum absolute atomic E-state index is 4.24. The Morgan fingerprint density at radius 1 is 1.50 bits per heavy atom. The highest BCUT2D eigenvalue weighted by atomic mass is 32.1. The van der Waals surface area contributed by atoms with Crippen LogP contribution in [0, 0.1) is 12.8 Å². The minimum absolute atomic E-state index is 0.585. The summed E-state index contributed by atoms with van der Waals surface area (Å²) in [7, 11) is 0.